The fourth-order valence-electron chi connectivity index (χ4n) is 2.33. The number of thiazole rings is 1. The molecule has 0 aliphatic carbocycles. The van der Waals surface area contributed by atoms with Gasteiger partial charge < -0.3 is 10.6 Å². The minimum atomic E-state index is -0.310. The van der Waals surface area contributed by atoms with Gasteiger partial charge >= 0.3 is 0 Å². The van der Waals surface area contributed by atoms with Crippen LogP contribution in [0.5, 0.6) is 0 Å². The predicted octanol–water partition coefficient (Wildman–Crippen LogP) is 4.65. The number of halogens is 1. The molecule has 0 aliphatic rings. The largest absolute Gasteiger partial charge is 0.320 e. The van der Waals surface area contributed by atoms with E-state index >= 15 is 0 Å². The zero-order valence-electron chi connectivity index (χ0n) is 14.0. The van der Waals surface area contributed by atoms with Crippen molar-refractivity contribution in [1.29, 1.82) is 0 Å². The lowest BCUT2D eigenvalue weighted by molar-refractivity contribution is -0.115. The summed E-state index contributed by atoms with van der Waals surface area (Å²) < 4.78 is 0.949. The number of hydrogen-bond donors (Lipinski definition) is 2. The first-order valence-electron chi connectivity index (χ1n) is 7.88. The Bertz CT molecular complexity index is 941. The second-order valence-electron chi connectivity index (χ2n) is 5.66. The average Bonchev–Trinajstić information content (AvgIpc) is 3.06. The zero-order chi connectivity index (χ0) is 18.5. The van der Waals surface area contributed by atoms with Gasteiger partial charge in [0.2, 0.25) is 5.91 Å². The number of hydrogen-bond acceptors (Lipinski definition) is 4. The quantitative estimate of drug-likeness (QED) is 0.619. The molecule has 26 heavy (non-hydrogen) atoms. The maximum absolute atomic E-state index is 12.4. The van der Waals surface area contributed by atoms with Crippen LogP contribution in [-0.2, 0) is 11.2 Å². The summed E-state index contributed by atoms with van der Waals surface area (Å²) in [4.78, 5) is 28.6. The molecular formula is C19H16BrN3O2S. The maximum atomic E-state index is 12.4. The van der Waals surface area contributed by atoms with Crippen molar-refractivity contribution >= 4 is 49.9 Å². The Labute approximate surface area is 163 Å². The highest BCUT2D eigenvalue weighted by Crippen LogP contribution is 2.22. The first-order valence-corrected chi connectivity index (χ1v) is 9.55. The van der Waals surface area contributed by atoms with Gasteiger partial charge in [0, 0.05) is 15.5 Å². The van der Waals surface area contributed by atoms with Gasteiger partial charge in [0.1, 0.15) is 5.69 Å². The molecule has 1 aromatic heterocycles. The van der Waals surface area contributed by atoms with E-state index in [9.17, 15) is 9.59 Å². The van der Waals surface area contributed by atoms with E-state index in [0.717, 1.165) is 21.3 Å². The van der Waals surface area contributed by atoms with E-state index in [1.54, 1.807) is 5.38 Å². The Hall–Kier alpha value is -2.51. The van der Waals surface area contributed by atoms with Gasteiger partial charge in [-0.2, -0.15) is 0 Å². The molecule has 3 rings (SSSR count). The predicted molar refractivity (Wildman–Crippen MR) is 108 cm³/mol. The number of nitrogens with zero attached hydrogens (tertiary/aromatic N) is 1. The van der Waals surface area contributed by atoms with Gasteiger partial charge in [-0.1, -0.05) is 46.3 Å². The van der Waals surface area contributed by atoms with Crippen LogP contribution in [0.4, 0.5) is 10.8 Å². The van der Waals surface area contributed by atoms with E-state index in [0.29, 0.717) is 5.13 Å². The molecule has 0 spiro atoms. The number of carbonyl (C=O) groups is 2. The van der Waals surface area contributed by atoms with E-state index in [4.69, 9.17) is 0 Å². The molecule has 0 radical (unpaired) electrons. The van der Waals surface area contributed by atoms with Crippen LogP contribution in [0, 0.1) is 6.92 Å². The Morgan fingerprint density at radius 3 is 2.62 bits per heavy atom. The number of aromatic nitrogens is 1. The second kappa shape index (κ2) is 8.25. The number of aryl methyl sites for hydroxylation is 1. The molecule has 0 aliphatic heterocycles. The Kier molecular flexibility index (Phi) is 5.80. The third-order valence-corrected chi connectivity index (χ3v) is 4.88. The van der Waals surface area contributed by atoms with Crippen LogP contribution in [0.3, 0.4) is 0 Å². The summed E-state index contributed by atoms with van der Waals surface area (Å²) in [6, 6.07) is 15.1. The number of carbonyl (C=O) groups excluding carboxylic acids is 2. The third kappa shape index (κ3) is 4.77. The van der Waals surface area contributed by atoms with Gasteiger partial charge in [0.05, 0.1) is 6.42 Å². The van der Waals surface area contributed by atoms with Gasteiger partial charge in [0.15, 0.2) is 5.13 Å². The molecule has 3 aromatic rings. The van der Waals surface area contributed by atoms with Crippen LogP contribution in [0.1, 0.15) is 21.6 Å². The SMILES string of the molecule is Cc1cc(Br)ccc1NC(=O)c1csc(NC(=O)Cc2ccccc2)n1. The second-order valence-corrected chi connectivity index (χ2v) is 7.44. The number of benzene rings is 2. The highest BCUT2D eigenvalue weighted by molar-refractivity contribution is 9.10. The Morgan fingerprint density at radius 1 is 1.12 bits per heavy atom. The highest BCUT2D eigenvalue weighted by atomic mass is 79.9. The lowest BCUT2D eigenvalue weighted by atomic mass is 10.1. The van der Waals surface area contributed by atoms with Gasteiger partial charge in [-0.3, -0.25) is 9.59 Å². The van der Waals surface area contributed by atoms with Crippen molar-refractivity contribution in [3.8, 4) is 0 Å². The first-order chi connectivity index (χ1) is 12.5. The molecule has 0 unspecified atom stereocenters. The average molecular weight is 430 g/mol. The smallest absolute Gasteiger partial charge is 0.275 e. The summed E-state index contributed by atoms with van der Waals surface area (Å²) in [6.45, 7) is 1.91. The molecule has 1 heterocycles. The number of rotatable bonds is 5. The number of amides is 2. The van der Waals surface area contributed by atoms with E-state index in [1.807, 2.05) is 55.5 Å². The van der Waals surface area contributed by atoms with Crippen molar-refractivity contribution in [3.05, 3.63) is 75.2 Å². The maximum Gasteiger partial charge on any atom is 0.275 e. The summed E-state index contributed by atoms with van der Waals surface area (Å²) in [5.74, 6) is -0.475. The first kappa shape index (κ1) is 18.3. The van der Waals surface area contributed by atoms with Crippen LogP contribution in [0.25, 0.3) is 0 Å². The van der Waals surface area contributed by atoms with Crippen molar-refractivity contribution in [1.82, 2.24) is 4.98 Å². The standard InChI is InChI=1S/C19H16BrN3O2S/c1-12-9-14(20)7-8-15(12)21-18(25)16-11-26-19(22-16)23-17(24)10-13-5-3-2-4-6-13/h2-9,11H,10H2,1H3,(H,21,25)(H,22,23,24). The Balaban J connectivity index is 1.61. The van der Waals surface area contributed by atoms with Gasteiger partial charge in [-0.05, 0) is 36.2 Å². The van der Waals surface area contributed by atoms with Crippen LogP contribution in [0.15, 0.2) is 58.4 Å². The Morgan fingerprint density at radius 2 is 1.88 bits per heavy atom. The van der Waals surface area contributed by atoms with Gasteiger partial charge in [0.25, 0.3) is 5.91 Å². The summed E-state index contributed by atoms with van der Waals surface area (Å²) >= 11 is 4.62. The molecule has 0 bridgehead atoms. The van der Waals surface area contributed by atoms with E-state index < -0.39 is 0 Å². The van der Waals surface area contributed by atoms with Crippen LogP contribution >= 0.6 is 27.3 Å². The van der Waals surface area contributed by atoms with E-state index in [-0.39, 0.29) is 23.9 Å². The molecule has 0 fully saturated rings. The summed E-state index contributed by atoms with van der Waals surface area (Å²) in [5, 5.41) is 7.60. The molecule has 0 saturated carbocycles. The normalized spacial score (nSPS) is 10.4. The van der Waals surface area contributed by atoms with Crippen LogP contribution in [-0.4, -0.2) is 16.8 Å². The topological polar surface area (TPSA) is 71.1 Å². The van der Waals surface area contributed by atoms with Crippen molar-refractivity contribution in [2.24, 2.45) is 0 Å². The monoisotopic (exact) mass is 429 g/mol. The van der Waals surface area contributed by atoms with Crippen molar-refractivity contribution in [2.75, 3.05) is 10.6 Å². The zero-order valence-corrected chi connectivity index (χ0v) is 16.4. The molecule has 2 amide bonds. The fraction of sp³-hybridized carbons (Fsp3) is 0.105. The molecule has 0 atom stereocenters. The lowest BCUT2D eigenvalue weighted by Gasteiger charge is -2.07. The molecule has 0 saturated heterocycles. The summed E-state index contributed by atoms with van der Waals surface area (Å²) in [7, 11) is 0. The summed E-state index contributed by atoms with van der Waals surface area (Å²) in [6.07, 6.45) is 0.264. The fourth-order valence-corrected chi connectivity index (χ4v) is 3.52. The van der Waals surface area contributed by atoms with E-state index in [1.165, 1.54) is 11.3 Å². The summed E-state index contributed by atoms with van der Waals surface area (Å²) in [5.41, 5.74) is 2.86. The minimum absolute atomic E-state index is 0.165. The highest BCUT2D eigenvalue weighted by Gasteiger charge is 2.14. The molecular weight excluding hydrogens is 414 g/mol. The van der Waals surface area contributed by atoms with E-state index in [2.05, 4.69) is 31.5 Å². The minimum Gasteiger partial charge on any atom is -0.320 e. The van der Waals surface area contributed by atoms with Crippen molar-refractivity contribution < 1.29 is 9.59 Å². The van der Waals surface area contributed by atoms with Gasteiger partial charge in [-0.25, -0.2) is 4.98 Å². The molecule has 132 valence electrons. The molecule has 2 N–H and O–H groups in total. The third-order valence-electron chi connectivity index (χ3n) is 3.63. The lowest BCUT2D eigenvalue weighted by Crippen LogP contribution is -2.16. The molecule has 5 nitrogen and oxygen atoms in total. The number of anilines is 2. The van der Waals surface area contributed by atoms with Crippen LogP contribution < -0.4 is 10.6 Å². The van der Waals surface area contributed by atoms with Crippen molar-refractivity contribution in [2.45, 2.75) is 13.3 Å². The van der Waals surface area contributed by atoms with Crippen molar-refractivity contribution in [3.63, 3.8) is 0 Å². The molecule has 2 aromatic carbocycles. The van der Waals surface area contributed by atoms with Crippen LogP contribution in [0.2, 0.25) is 0 Å². The molecule has 7 heteroatoms. The number of nitrogens with one attached hydrogen (secondary N) is 2. The van der Waals surface area contributed by atoms with Gasteiger partial charge in [-0.15, -0.1) is 11.3 Å².